The van der Waals surface area contributed by atoms with E-state index in [4.69, 9.17) is 5.11 Å². The van der Waals surface area contributed by atoms with Crippen molar-refractivity contribution in [3.05, 3.63) is 5.82 Å². The second-order valence-electron chi connectivity index (χ2n) is 4.06. The average Bonchev–Trinajstić information content (AvgIpc) is 2.98. The first-order valence-electron chi connectivity index (χ1n) is 5.50. The van der Waals surface area contributed by atoms with E-state index in [1.165, 1.54) is 11.5 Å². The van der Waals surface area contributed by atoms with Gasteiger partial charge in [-0.1, -0.05) is 6.92 Å². The first-order chi connectivity index (χ1) is 7.69. The van der Waals surface area contributed by atoms with Gasteiger partial charge in [-0.25, -0.2) is 4.98 Å². The number of hydrogen-bond acceptors (Lipinski definition) is 5. The minimum absolute atomic E-state index is 0.00940. The predicted octanol–water partition coefficient (Wildman–Crippen LogP) is 1.77. The molecule has 1 aliphatic rings. The molecular weight excluding hydrogens is 226 g/mol. The standard InChI is InChI=1S/C10H15N3O2S/c1-2-8-12-10(16-13-8)11-7(5-9(14)15)6-3-4-6/h6-7H,2-5H2,1H3,(H,14,15)(H,11,12,13). The number of carboxylic acid groups (broad SMARTS) is 1. The molecule has 16 heavy (non-hydrogen) atoms. The molecule has 0 radical (unpaired) electrons. The number of anilines is 1. The van der Waals surface area contributed by atoms with Gasteiger partial charge in [-0.15, -0.1) is 0 Å². The van der Waals surface area contributed by atoms with Crippen molar-refractivity contribution in [1.29, 1.82) is 0 Å². The number of carboxylic acids is 1. The van der Waals surface area contributed by atoms with Crippen LogP contribution in [-0.4, -0.2) is 26.5 Å². The lowest BCUT2D eigenvalue weighted by Gasteiger charge is -2.14. The van der Waals surface area contributed by atoms with Crippen LogP contribution in [0.1, 0.15) is 32.0 Å². The van der Waals surface area contributed by atoms with Crippen LogP contribution < -0.4 is 5.32 Å². The van der Waals surface area contributed by atoms with E-state index in [9.17, 15) is 4.79 Å². The van der Waals surface area contributed by atoms with E-state index in [0.29, 0.717) is 5.92 Å². The van der Waals surface area contributed by atoms with E-state index < -0.39 is 5.97 Å². The minimum atomic E-state index is -0.760. The predicted molar refractivity (Wildman–Crippen MR) is 61.7 cm³/mol. The van der Waals surface area contributed by atoms with Gasteiger partial charge < -0.3 is 10.4 Å². The quantitative estimate of drug-likeness (QED) is 0.793. The van der Waals surface area contributed by atoms with Gasteiger partial charge in [-0.05, 0) is 18.8 Å². The molecule has 0 bridgehead atoms. The Hall–Kier alpha value is -1.17. The maximum Gasteiger partial charge on any atom is 0.305 e. The number of nitrogens with zero attached hydrogens (tertiary/aromatic N) is 2. The molecule has 0 amide bonds. The van der Waals surface area contributed by atoms with Crippen molar-refractivity contribution in [2.24, 2.45) is 5.92 Å². The van der Waals surface area contributed by atoms with Crippen molar-refractivity contribution >= 4 is 22.6 Å². The van der Waals surface area contributed by atoms with Crippen molar-refractivity contribution < 1.29 is 9.90 Å². The third-order valence-electron chi connectivity index (χ3n) is 2.68. The maximum absolute atomic E-state index is 10.7. The van der Waals surface area contributed by atoms with Gasteiger partial charge in [0, 0.05) is 24.0 Å². The fourth-order valence-corrected chi connectivity index (χ4v) is 2.35. The molecule has 88 valence electrons. The molecule has 0 spiro atoms. The largest absolute Gasteiger partial charge is 0.481 e. The fourth-order valence-electron chi connectivity index (χ4n) is 1.64. The smallest absolute Gasteiger partial charge is 0.305 e. The Kier molecular flexibility index (Phi) is 3.38. The third kappa shape index (κ3) is 2.91. The van der Waals surface area contributed by atoms with Gasteiger partial charge in [0.1, 0.15) is 5.82 Å². The number of aliphatic carboxylic acids is 1. The molecule has 0 aliphatic heterocycles. The maximum atomic E-state index is 10.7. The number of aromatic nitrogens is 2. The molecule has 1 aliphatic carbocycles. The van der Waals surface area contributed by atoms with E-state index in [1.807, 2.05) is 6.92 Å². The van der Waals surface area contributed by atoms with Gasteiger partial charge in [-0.2, -0.15) is 4.37 Å². The Morgan fingerprint density at radius 2 is 2.44 bits per heavy atom. The van der Waals surface area contributed by atoms with E-state index in [-0.39, 0.29) is 12.5 Å². The van der Waals surface area contributed by atoms with Crippen molar-refractivity contribution in [2.45, 2.75) is 38.6 Å². The van der Waals surface area contributed by atoms with Crippen LogP contribution >= 0.6 is 11.5 Å². The summed E-state index contributed by atoms with van der Waals surface area (Å²) in [7, 11) is 0. The van der Waals surface area contributed by atoms with Crippen LogP contribution in [0.25, 0.3) is 0 Å². The number of aryl methyl sites for hydroxylation is 1. The third-order valence-corrected chi connectivity index (χ3v) is 3.36. The summed E-state index contributed by atoms with van der Waals surface area (Å²) in [6.07, 6.45) is 3.20. The molecule has 0 aromatic carbocycles. The average molecular weight is 241 g/mol. The molecule has 5 nitrogen and oxygen atoms in total. The second-order valence-corrected chi connectivity index (χ2v) is 4.81. The summed E-state index contributed by atoms with van der Waals surface area (Å²) in [6.45, 7) is 2.00. The van der Waals surface area contributed by atoms with Crippen molar-refractivity contribution in [3.8, 4) is 0 Å². The fraction of sp³-hybridized carbons (Fsp3) is 0.700. The van der Waals surface area contributed by atoms with E-state index in [1.54, 1.807) is 0 Å². The summed E-state index contributed by atoms with van der Waals surface area (Å²) in [6, 6.07) is 0.00940. The first kappa shape index (κ1) is 11.3. The molecule has 1 aromatic rings. The number of carbonyl (C=O) groups is 1. The highest BCUT2D eigenvalue weighted by Gasteiger charge is 2.33. The van der Waals surface area contributed by atoms with Crippen LogP contribution in [0.5, 0.6) is 0 Å². The summed E-state index contributed by atoms with van der Waals surface area (Å²) in [5, 5.41) is 12.8. The van der Waals surface area contributed by atoms with Crippen LogP contribution in [0.2, 0.25) is 0 Å². The Morgan fingerprint density at radius 1 is 1.69 bits per heavy atom. The lowest BCUT2D eigenvalue weighted by molar-refractivity contribution is -0.137. The molecule has 2 rings (SSSR count). The highest BCUT2D eigenvalue weighted by molar-refractivity contribution is 7.09. The van der Waals surface area contributed by atoms with Crippen LogP contribution in [-0.2, 0) is 11.2 Å². The number of nitrogens with one attached hydrogen (secondary N) is 1. The van der Waals surface area contributed by atoms with Crippen LogP contribution in [0.3, 0.4) is 0 Å². The lowest BCUT2D eigenvalue weighted by atomic mass is 10.1. The zero-order chi connectivity index (χ0) is 11.5. The van der Waals surface area contributed by atoms with Crippen molar-refractivity contribution in [3.63, 3.8) is 0 Å². The van der Waals surface area contributed by atoms with Gasteiger partial charge in [0.15, 0.2) is 0 Å². The van der Waals surface area contributed by atoms with Crippen LogP contribution in [0, 0.1) is 5.92 Å². The SMILES string of the molecule is CCc1nsc(NC(CC(=O)O)C2CC2)n1. The van der Waals surface area contributed by atoms with E-state index in [0.717, 1.165) is 30.2 Å². The molecule has 1 unspecified atom stereocenters. The Labute approximate surface area is 98.1 Å². The number of hydrogen-bond donors (Lipinski definition) is 2. The van der Waals surface area contributed by atoms with Gasteiger partial charge in [0.05, 0.1) is 6.42 Å². The Balaban J connectivity index is 1.96. The molecule has 1 atom stereocenters. The summed E-state index contributed by atoms with van der Waals surface area (Å²) in [4.78, 5) is 15.0. The van der Waals surface area contributed by atoms with Crippen molar-refractivity contribution in [2.75, 3.05) is 5.32 Å². The lowest BCUT2D eigenvalue weighted by Crippen LogP contribution is -2.25. The minimum Gasteiger partial charge on any atom is -0.481 e. The topological polar surface area (TPSA) is 75.1 Å². The molecule has 2 N–H and O–H groups in total. The summed E-state index contributed by atoms with van der Waals surface area (Å²) < 4.78 is 4.17. The zero-order valence-electron chi connectivity index (χ0n) is 9.14. The highest BCUT2D eigenvalue weighted by atomic mass is 32.1. The van der Waals surface area contributed by atoms with Gasteiger partial charge in [-0.3, -0.25) is 4.79 Å². The Morgan fingerprint density at radius 3 is 2.94 bits per heavy atom. The monoisotopic (exact) mass is 241 g/mol. The van der Waals surface area contributed by atoms with E-state index in [2.05, 4.69) is 14.7 Å². The zero-order valence-corrected chi connectivity index (χ0v) is 9.96. The summed E-state index contributed by atoms with van der Waals surface area (Å²) in [5.41, 5.74) is 0. The van der Waals surface area contributed by atoms with Gasteiger partial charge in [0.2, 0.25) is 5.13 Å². The molecule has 1 fully saturated rings. The molecule has 0 saturated heterocycles. The van der Waals surface area contributed by atoms with Crippen LogP contribution in [0.4, 0.5) is 5.13 Å². The van der Waals surface area contributed by atoms with Gasteiger partial charge >= 0.3 is 5.97 Å². The molecule has 1 saturated carbocycles. The summed E-state index contributed by atoms with van der Waals surface area (Å²) in [5.74, 6) is 0.548. The molecular formula is C10H15N3O2S. The molecule has 1 heterocycles. The Bertz CT molecular complexity index is 376. The normalized spacial score (nSPS) is 17.1. The van der Waals surface area contributed by atoms with E-state index >= 15 is 0 Å². The molecule has 1 aromatic heterocycles. The second kappa shape index (κ2) is 4.78. The molecule has 6 heteroatoms. The number of rotatable bonds is 6. The highest BCUT2D eigenvalue weighted by Crippen LogP contribution is 2.35. The first-order valence-corrected chi connectivity index (χ1v) is 6.27. The van der Waals surface area contributed by atoms with Gasteiger partial charge in [0.25, 0.3) is 0 Å². The summed E-state index contributed by atoms with van der Waals surface area (Å²) >= 11 is 1.31. The van der Waals surface area contributed by atoms with Crippen LogP contribution in [0.15, 0.2) is 0 Å². The van der Waals surface area contributed by atoms with Crippen molar-refractivity contribution in [1.82, 2.24) is 9.36 Å².